The Hall–Kier alpha value is -2.29. The summed E-state index contributed by atoms with van der Waals surface area (Å²) in [5.41, 5.74) is 2.86. The van der Waals surface area contributed by atoms with Gasteiger partial charge >= 0.3 is 6.18 Å². The second-order valence-electron chi connectivity index (χ2n) is 6.34. The molecule has 1 amide bonds. The minimum Gasteiger partial charge on any atom is -0.357 e. The normalized spacial score (nSPS) is 14.7. The predicted molar refractivity (Wildman–Crippen MR) is 92.8 cm³/mol. The Labute approximate surface area is 154 Å². The predicted octanol–water partition coefficient (Wildman–Crippen LogP) is 4.18. The van der Waals surface area contributed by atoms with Crippen LogP contribution in [0.2, 0.25) is 0 Å². The summed E-state index contributed by atoms with van der Waals surface area (Å²) in [5.74, 6) is -0.510. The molecular formula is C17H14BrF3N4O. The van der Waals surface area contributed by atoms with Crippen LogP contribution in [0.4, 0.5) is 13.2 Å². The molecule has 1 aliphatic heterocycles. The lowest BCUT2D eigenvalue weighted by atomic mass is 10.0. The minimum atomic E-state index is -4.55. The summed E-state index contributed by atoms with van der Waals surface area (Å²) in [7, 11) is 0. The van der Waals surface area contributed by atoms with Gasteiger partial charge in [0.15, 0.2) is 5.69 Å². The van der Waals surface area contributed by atoms with Gasteiger partial charge in [0.1, 0.15) is 5.69 Å². The van der Waals surface area contributed by atoms with E-state index in [4.69, 9.17) is 0 Å². The number of carbonyl (C=O) groups excluding carboxylic acids is 1. The average Bonchev–Trinajstić information content (AvgIpc) is 3.22. The number of aromatic nitrogens is 3. The third-order valence-corrected chi connectivity index (χ3v) is 5.34. The Kier molecular flexibility index (Phi) is 3.87. The number of aryl methyl sites for hydroxylation is 1. The number of amides is 1. The van der Waals surface area contributed by atoms with Crippen molar-refractivity contribution in [2.45, 2.75) is 26.1 Å². The highest BCUT2D eigenvalue weighted by atomic mass is 79.9. The topological polar surface area (TPSA) is 64.8 Å². The molecule has 9 heteroatoms. The molecule has 0 unspecified atom stereocenters. The van der Waals surface area contributed by atoms with Crippen LogP contribution in [-0.4, -0.2) is 32.5 Å². The van der Waals surface area contributed by atoms with E-state index in [-0.39, 0.29) is 5.69 Å². The molecule has 0 saturated carbocycles. The molecular weight excluding hydrogens is 413 g/mol. The van der Waals surface area contributed by atoms with Gasteiger partial charge in [-0.1, -0.05) is 6.07 Å². The SMILES string of the molecule is Cc1ccc(Br)c2[nH]c3c(c12)CN(C(=O)c1cc(C(F)(F)F)[nH]n1)CC3. The van der Waals surface area contributed by atoms with Crippen molar-refractivity contribution in [1.29, 1.82) is 0 Å². The smallest absolute Gasteiger partial charge is 0.357 e. The third kappa shape index (κ3) is 2.70. The van der Waals surface area contributed by atoms with Crippen LogP contribution in [0.5, 0.6) is 0 Å². The number of aromatic amines is 2. The van der Waals surface area contributed by atoms with Gasteiger partial charge in [-0.05, 0) is 34.5 Å². The number of H-pyrrole nitrogens is 2. The van der Waals surface area contributed by atoms with Crippen molar-refractivity contribution in [3.8, 4) is 0 Å². The van der Waals surface area contributed by atoms with Crippen molar-refractivity contribution in [1.82, 2.24) is 20.1 Å². The molecule has 1 aromatic carbocycles. The highest BCUT2D eigenvalue weighted by Crippen LogP contribution is 2.34. The number of benzene rings is 1. The Morgan fingerprint density at radius 2 is 2.12 bits per heavy atom. The van der Waals surface area contributed by atoms with Crippen molar-refractivity contribution < 1.29 is 18.0 Å². The molecule has 2 N–H and O–H groups in total. The zero-order valence-electron chi connectivity index (χ0n) is 13.7. The molecule has 26 heavy (non-hydrogen) atoms. The quantitative estimate of drug-likeness (QED) is 0.612. The van der Waals surface area contributed by atoms with Gasteiger partial charge in [-0.25, -0.2) is 0 Å². The van der Waals surface area contributed by atoms with E-state index in [1.165, 1.54) is 4.90 Å². The molecule has 136 valence electrons. The Bertz CT molecular complexity index is 1020. The fraction of sp³-hybridized carbons (Fsp3) is 0.294. The van der Waals surface area contributed by atoms with Gasteiger partial charge in [-0.3, -0.25) is 9.89 Å². The summed E-state index contributed by atoms with van der Waals surface area (Å²) in [4.78, 5) is 17.5. The highest BCUT2D eigenvalue weighted by Gasteiger charge is 2.35. The first-order valence-corrected chi connectivity index (χ1v) is 8.75. The monoisotopic (exact) mass is 426 g/mol. The minimum absolute atomic E-state index is 0.224. The van der Waals surface area contributed by atoms with Crippen LogP contribution in [0.15, 0.2) is 22.7 Å². The first-order valence-electron chi connectivity index (χ1n) is 7.96. The van der Waals surface area contributed by atoms with Gasteiger partial charge < -0.3 is 9.88 Å². The molecule has 5 nitrogen and oxygen atoms in total. The third-order valence-electron chi connectivity index (χ3n) is 4.68. The number of fused-ring (bicyclic) bond motifs is 3. The summed E-state index contributed by atoms with van der Waals surface area (Å²) in [6.07, 6.45) is -3.95. The zero-order chi connectivity index (χ0) is 18.6. The second kappa shape index (κ2) is 5.87. The first kappa shape index (κ1) is 17.1. The van der Waals surface area contributed by atoms with Crippen molar-refractivity contribution in [2.75, 3.05) is 6.54 Å². The molecule has 0 atom stereocenters. The number of alkyl halides is 3. The fourth-order valence-electron chi connectivity index (χ4n) is 3.39. The number of halogens is 4. The van der Waals surface area contributed by atoms with Gasteiger partial charge in [0.2, 0.25) is 0 Å². The molecule has 1 aliphatic rings. The highest BCUT2D eigenvalue weighted by molar-refractivity contribution is 9.10. The Morgan fingerprint density at radius 1 is 1.35 bits per heavy atom. The second-order valence-corrected chi connectivity index (χ2v) is 7.19. The summed E-state index contributed by atoms with van der Waals surface area (Å²) in [5, 5.41) is 6.48. The first-order chi connectivity index (χ1) is 12.3. The maximum atomic E-state index is 12.7. The maximum absolute atomic E-state index is 12.7. The van der Waals surface area contributed by atoms with Gasteiger partial charge in [0, 0.05) is 46.7 Å². The van der Waals surface area contributed by atoms with E-state index in [0.29, 0.717) is 19.5 Å². The van der Waals surface area contributed by atoms with Crippen LogP contribution in [0.1, 0.15) is 33.0 Å². The molecule has 3 aromatic rings. The maximum Gasteiger partial charge on any atom is 0.432 e. The number of hydrogen-bond acceptors (Lipinski definition) is 2. The van der Waals surface area contributed by atoms with Crippen LogP contribution < -0.4 is 0 Å². The van der Waals surface area contributed by atoms with Crippen LogP contribution in [0.25, 0.3) is 10.9 Å². The van der Waals surface area contributed by atoms with Gasteiger partial charge in [0.25, 0.3) is 5.91 Å². The number of nitrogens with zero attached hydrogens (tertiary/aromatic N) is 2. The molecule has 0 aliphatic carbocycles. The molecule has 3 heterocycles. The number of nitrogens with one attached hydrogen (secondary N) is 2. The number of hydrogen-bond donors (Lipinski definition) is 2. The largest absolute Gasteiger partial charge is 0.432 e. The van der Waals surface area contributed by atoms with E-state index in [2.05, 4.69) is 26.0 Å². The molecule has 4 rings (SSSR count). The van der Waals surface area contributed by atoms with Crippen molar-refractivity contribution in [3.63, 3.8) is 0 Å². The Balaban J connectivity index is 1.67. The zero-order valence-corrected chi connectivity index (χ0v) is 15.3. The lowest BCUT2D eigenvalue weighted by Gasteiger charge is -2.26. The molecule has 0 radical (unpaired) electrons. The average molecular weight is 427 g/mol. The van der Waals surface area contributed by atoms with E-state index in [0.717, 1.165) is 38.3 Å². The summed E-state index contributed by atoms with van der Waals surface area (Å²) < 4.78 is 39.1. The van der Waals surface area contributed by atoms with Gasteiger partial charge in [0.05, 0.1) is 5.52 Å². The van der Waals surface area contributed by atoms with Gasteiger partial charge in [-0.15, -0.1) is 0 Å². The van der Waals surface area contributed by atoms with E-state index in [1.807, 2.05) is 24.2 Å². The van der Waals surface area contributed by atoms with E-state index in [1.54, 1.807) is 0 Å². The molecule has 0 spiro atoms. The van der Waals surface area contributed by atoms with Crippen LogP contribution in [0, 0.1) is 6.92 Å². The lowest BCUT2D eigenvalue weighted by Crippen LogP contribution is -2.36. The number of rotatable bonds is 1. The van der Waals surface area contributed by atoms with Gasteiger partial charge in [-0.2, -0.15) is 18.3 Å². The van der Waals surface area contributed by atoms with E-state index >= 15 is 0 Å². The molecule has 0 saturated heterocycles. The fourth-order valence-corrected chi connectivity index (χ4v) is 3.82. The summed E-state index contributed by atoms with van der Waals surface area (Å²) in [6.45, 7) is 2.75. The van der Waals surface area contributed by atoms with E-state index in [9.17, 15) is 18.0 Å². The number of carbonyl (C=O) groups is 1. The molecule has 2 aromatic heterocycles. The van der Waals surface area contributed by atoms with Crippen molar-refractivity contribution >= 4 is 32.7 Å². The van der Waals surface area contributed by atoms with E-state index < -0.39 is 17.8 Å². The van der Waals surface area contributed by atoms with Crippen LogP contribution in [-0.2, 0) is 19.1 Å². The molecule has 0 bridgehead atoms. The van der Waals surface area contributed by atoms with Crippen LogP contribution in [0.3, 0.4) is 0 Å². The Morgan fingerprint density at radius 3 is 2.81 bits per heavy atom. The standard InChI is InChI=1S/C17H14BrF3N4O/c1-8-2-3-10(18)15-14(8)9-7-25(5-4-11(9)22-15)16(26)12-6-13(24-23-12)17(19,20)21/h2-3,6,22H,4-5,7H2,1H3,(H,23,24). The lowest BCUT2D eigenvalue weighted by molar-refractivity contribution is -0.141. The molecule has 0 fully saturated rings. The van der Waals surface area contributed by atoms with Crippen LogP contribution >= 0.6 is 15.9 Å². The van der Waals surface area contributed by atoms with Crippen molar-refractivity contribution in [3.05, 3.63) is 50.9 Å². The van der Waals surface area contributed by atoms with Crippen molar-refractivity contribution in [2.24, 2.45) is 0 Å². The summed E-state index contributed by atoms with van der Waals surface area (Å²) >= 11 is 3.53. The summed E-state index contributed by atoms with van der Waals surface area (Å²) in [6, 6.07) is 4.71.